The summed E-state index contributed by atoms with van der Waals surface area (Å²) < 4.78 is 7.06. The Hall–Kier alpha value is -2.80. The minimum absolute atomic E-state index is 0.234. The Kier molecular flexibility index (Phi) is 5.85. The van der Waals surface area contributed by atoms with Crippen molar-refractivity contribution in [1.82, 2.24) is 19.6 Å². The van der Waals surface area contributed by atoms with Crippen LogP contribution in [-0.4, -0.2) is 78.4 Å². The molecule has 7 heteroatoms. The number of piperazine rings is 1. The quantitative estimate of drug-likeness (QED) is 0.774. The van der Waals surface area contributed by atoms with Gasteiger partial charge in [0.15, 0.2) is 0 Å². The molecule has 29 heavy (non-hydrogen) atoms. The van der Waals surface area contributed by atoms with Crippen LogP contribution < -0.4 is 9.64 Å². The maximum absolute atomic E-state index is 12.8. The average molecular weight is 396 g/mol. The summed E-state index contributed by atoms with van der Waals surface area (Å²) in [5, 5.41) is 4.25. The number of aromatic nitrogens is 2. The van der Waals surface area contributed by atoms with E-state index < -0.39 is 0 Å². The fraction of sp³-hybridized carbons (Fsp3) is 0.455. The summed E-state index contributed by atoms with van der Waals surface area (Å²) in [6.07, 6.45) is 7.16. The average Bonchev–Trinajstić information content (AvgIpc) is 3.21. The highest BCUT2D eigenvalue weighted by Gasteiger charge is 2.24. The van der Waals surface area contributed by atoms with Crippen molar-refractivity contribution in [3.63, 3.8) is 0 Å². The third-order valence-electron chi connectivity index (χ3n) is 5.80. The van der Waals surface area contributed by atoms with Gasteiger partial charge < -0.3 is 14.5 Å². The normalized spacial score (nSPS) is 17.9. The van der Waals surface area contributed by atoms with E-state index in [1.54, 1.807) is 7.11 Å². The molecule has 0 radical (unpaired) electrons. The molecule has 0 atom stereocenters. The van der Waals surface area contributed by atoms with Crippen molar-refractivity contribution in [1.29, 1.82) is 0 Å². The predicted octanol–water partition coefficient (Wildman–Crippen LogP) is 1.87. The SMILES string of the molecule is COc1ccc(N2CCN(C(=O)CN3CC=C(c4cnn(C)c4)CC3)CC2)cc1. The van der Waals surface area contributed by atoms with E-state index in [2.05, 4.69) is 39.3 Å². The van der Waals surface area contributed by atoms with E-state index in [1.165, 1.54) is 16.8 Å². The molecule has 1 aromatic carbocycles. The fourth-order valence-electron chi connectivity index (χ4n) is 4.00. The molecular formula is C22H29N5O2. The Balaban J connectivity index is 1.25. The number of hydrogen-bond donors (Lipinski definition) is 0. The third-order valence-corrected chi connectivity index (χ3v) is 5.80. The Bertz CT molecular complexity index is 866. The first-order chi connectivity index (χ1) is 14.1. The Morgan fingerprint density at radius 3 is 2.45 bits per heavy atom. The molecule has 0 aliphatic carbocycles. The van der Waals surface area contributed by atoms with Gasteiger partial charge in [0.05, 0.1) is 19.9 Å². The van der Waals surface area contributed by atoms with Crippen LogP contribution in [0, 0.1) is 0 Å². The zero-order chi connectivity index (χ0) is 20.2. The number of aryl methyl sites for hydroxylation is 1. The molecule has 1 aromatic heterocycles. The van der Waals surface area contributed by atoms with E-state index in [1.807, 2.05) is 35.0 Å². The first-order valence-electron chi connectivity index (χ1n) is 10.2. The van der Waals surface area contributed by atoms with E-state index in [9.17, 15) is 4.79 Å². The second-order valence-electron chi connectivity index (χ2n) is 7.68. The molecule has 0 bridgehead atoms. The minimum Gasteiger partial charge on any atom is -0.497 e. The van der Waals surface area contributed by atoms with Crippen molar-refractivity contribution in [2.45, 2.75) is 6.42 Å². The number of benzene rings is 1. The third kappa shape index (κ3) is 4.62. The van der Waals surface area contributed by atoms with Crippen LogP contribution in [0.4, 0.5) is 5.69 Å². The van der Waals surface area contributed by atoms with Gasteiger partial charge in [0.25, 0.3) is 0 Å². The monoisotopic (exact) mass is 395 g/mol. The van der Waals surface area contributed by atoms with E-state index in [0.717, 1.165) is 51.4 Å². The number of ether oxygens (including phenoxy) is 1. The highest BCUT2D eigenvalue weighted by molar-refractivity contribution is 5.79. The number of rotatable bonds is 5. The molecule has 4 rings (SSSR count). The Morgan fingerprint density at radius 2 is 1.86 bits per heavy atom. The van der Waals surface area contributed by atoms with Crippen molar-refractivity contribution in [3.05, 3.63) is 48.3 Å². The molecule has 1 amide bonds. The van der Waals surface area contributed by atoms with E-state index >= 15 is 0 Å². The number of hydrogen-bond acceptors (Lipinski definition) is 5. The van der Waals surface area contributed by atoms with Crippen LogP contribution in [0.15, 0.2) is 42.7 Å². The molecule has 1 saturated heterocycles. The van der Waals surface area contributed by atoms with E-state index in [0.29, 0.717) is 6.54 Å². The maximum atomic E-state index is 12.8. The molecule has 0 unspecified atom stereocenters. The summed E-state index contributed by atoms with van der Waals surface area (Å²) in [7, 11) is 3.61. The van der Waals surface area contributed by atoms with Crippen molar-refractivity contribution in [3.8, 4) is 5.75 Å². The lowest BCUT2D eigenvalue weighted by Crippen LogP contribution is -2.51. The van der Waals surface area contributed by atoms with Crippen LogP contribution in [-0.2, 0) is 11.8 Å². The molecule has 7 nitrogen and oxygen atoms in total. The van der Waals surface area contributed by atoms with Gasteiger partial charge in [0.2, 0.25) is 5.91 Å². The van der Waals surface area contributed by atoms with Gasteiger partial charge in [0, 0.05) is 63.8 Å². The van der Waals surface area contributed by atoms with Gasteiger partial charge in [-0.3, -0.25) is 14.4 Å². The summed E-state index contributed by atoms with van der Waals surface area (Å²) in [5.41, 5.74) is 3.70. The standard InChI is InChI=1S/C22H29N5O2/c1-24-16-19(15-23-24)18-7-9-25(10-8-18)17-22(28)27-13-11-26(12-14-27)20-3-5-21(29-2)6-4-20/h3-7,15-16H,8-14,17H2,1-2H3. The van der Waals surface area contributed by atoms with E-state index in [4.69, 9.17) is 4.74 Å². The Morgan fingerprint density at radius 1 is 1.10 bits per heavy atom. The number of methoxy groups -OCH3 is 1. The minimum atomic E-state index is 0.234. The van der Waals surface area contributed by atoms with Gasteiger partial charge >= 0.3 is 0 Å². The lowest BCUT2D eigenvalue weighted by molar-refractivity contribution is -0.132. The van der Waals surface area contributed by atoms with Crippen LogP contribution >= 0.6 is 0 Å². The Labute approximate surface area is 172 Å². The molecule has 2 aliphatic rings. The first kappa shape index (κ1) is 19.5. The molecule has 0 saturated carbocycles. The second kappa shape index (κ2) is 8.69. The van der Waals surface area contributed by atoms with Gasteiger partial charge in [-0.25, -0.2) is 0 Å². The fourth-order valence-corrected chi connectivity index (χ4v) is 4.00. The van der Waals surface area contributed by atoms with Gasteiger partial charge in [-0.1, -0.05) is 6.08 Å². The van der Waals surface area contributed by atoms with Gasteiger partial charge in [-0.15, -0.1) is 0 Å². The van der Waals surface area contributed by atoms with Crippen LogP contribution in [0.3, 0.4) is 0 Å². The smallest absolute Gasteiger partial charge is 0.236 e. The summed E-state index contributed by atoms with van der Waals surface area (Å²) in [6.45, 7) is 5.51. The molecule has 2 aromatic rings. The van der Waals surface area contributed by atoms with Gasteiger partial charge in [-0.05, 0) is 36.3 Å². The summed E-state index contributed by atoms with van der Waals surface area (Å²) in [5.74, 6) is 1.10. The number of nitrogens with zero attached hydrogens (tertiary/aromatic N) is 5. The summed E-state index contributed by atoms with van der Waals surface area (Å²) >= 11 is 0. The molecule has 154 valence electrons. The lowest BCUT2D eigenvalue weighted by atomic mass is 10.0. The van der Waals surface area contributed by atoms with Crippen molar-refractivity contribution >= 4 is 17.2 Å². The van der Waals surface area contributed by atoms with Gasteiger partial charge in [-0.2, -0.15) is 5.10 Å². The van der Waals surface area contributed by atoms with Crippen LogP contribution in [0.5, 0.6) is 5.75 Å². The zero-order valence-corrected chi connectivity index (χ0v) is 17.3. The van der Waals surface area contributed by atoms with E-state index in [-0.39, 0.29) is 5.91 Å². The molecule has 3 heterocycles. The molecular weight excluding hydrogens is 366 g/mol. The summed E-state index contributed by atoms with van der Waals surface area (Å²) in [6, 6.07) is 8.12. The van der Waals surface area contributed by atoms with Crippen molar-refractivity contribution < 1.29 is 9.53 Å². The lowest BCUT2D eigenvalue weighted by Gasteiger charge is -2.37. The molecule has 0 N–H and O–H groups in total. The highest BCUT2D eigenvalue weighted by atomic mass is 16.5. The number of anilines is 1. The second-order valence-corrected chi connectivity index (χ2v) is 7.68. The van der Waals surface area contributed by atoms with Gasteiger partial charge in [0.1, 0.15) is 5.75 Å². The first-order valence-corrected chi connectivity index (χ1v) is 10.2. The van der Waals surface area contributed by atoms with Crippen LogP contribution in [0.1, 0.15) is 12.0 Å². The molecule has 2 aliphatic heterocycles. The number of amides is 1. The van der Waals surface area contributed by atoms with Crippen LogP contribution in [0.2, 0.25) is 0 Å². The zero-order valence-electron chi connectivity index (χ0n) is 17.3. The number of carbonyl (C=O) groups is 1. The number of carbonyl (C=O) groups excluding carboxylic acids is 1. The van der Waals surface area contributed by atoms with Crippen molar-refractivity contribution in [2.24, 2.45) is 7.05 Å². The van der Waals surface area contributed by atoms with Crippen molar-refractivity contribution in [2.75, 3.05) is 57.8 Å². The largest absolute Gasteiger partial charge is 0.497 e. The molecule has 0 spiro atoms. The van der Waals surface area contributed by atoms with Crippen LogP contribution in [0.25, 0.3) is 5.57 Å². The summed E-state index contributed by atoms with van der Waals surface area (Å²) in [4.78, 5) is 19.3. The topological polar surface area (TPSA) is 53.8 Å². The molecule has 1 fully saturated rings. The maximum Gasteiger partial charge on any atom is 0.236 e. The predicted molar refractivity (Wildman–Crippen MR) is 114 cm³/mol. The highest BCUT2D eigenvalue weighted by Crippen LogP contribution is 2.22.